The monoisotopic (exact) mass is 245 g/mol. The molecule has 0 saturated carbocycles. The molecule has 0 aliphatic rings. The van der Waals surface area contributed by atoms with Gasteiger partial charge in [-0.25, -0.2) is 4.98 Å². The summed E-state index contributed by atoms with van der Waals surface area (Å²) in [4.78, 5) is 15.1. The van der Waals surface area contributed by atoms with Gasteiger partial charge in [0.1, 0.15) is 6.07 Å². The van der Waals surface area contributed by atoms with Gasteiger partial charge in [0.15, 0.2) is 18.0 Å². The van der Waals surface area contributed by atoms with Crippen molar-refractivity contribution in [3.05, 3.63) is 29.7 Å². The van der Waals surface area contributed by atoms with Crippen molar-refractivity contribution in [2.75, 3.05) is 6.61 Å². The Hall–Kier alpha value is -2.55. The van der Waals surface area contributed by atoms with E-state index in [1.807, 2.05) is 6.07 Å². The van der Waals surface area contributed by atoms with Crippen LogP contribution in [0.4, 0.5) is 0 Å². The number of hydrogen-bond acceptors (Lipinski definition) is 4. The van der Waals surface area contributed by atoms with E-state index in [1.54, 1.807) is 29.7 Å². The van der Waals surface area contributed by atoms with Gasteiger partial charge < -0.3 is 14.2 Å². The van der Waals surface area contributed by atoms with Crippen molar-refractivity contribution in [2.45, 2.75) is 13.3 Å². The van der Waals surface area contributed by atoms with Crippen LogP contribution >= 0.6 is 0 Å². The predicted molar refractivity (Wildman–Crippen MR) is 62.4 cm³/mol. The molecule has 0 fully saturated rings. The number of carboxylic acids is 1. The van der Waals surface area contributed by atoms with Crippen LogP contribution in [0.2, 0.25) is 0 Å². The van der Waals surface area contributed by atoms with Crippen molar-refractivity contribution < 1.29 is 14.6 Å². The van der Waals surface area contributed by atoms with Gasteiger partial charge in [-0.1, -0.05) is 0 Å². The summed E-state index contributed by atoms with van der Waals surface area (Å²) in [6.07, 6.45) is 1.63. The molecule has 2 rings (SSSR count). The zero-order chi connectivity index (χ0) is 13.1. The average Bonchev–Trinajstić information content (AvgIpc) is 2.64. The molecule has 18 heavy (non-hydrogen) atoms. The number of nitrogens with zero attached hydrogens (tertiary/aromatic N) is 3. The maximum Gasteiger partial charge on any atom is 0.309 e. The lowest BCUT2D eigenvalue weighted by molar-refractivity contribution is -0.136. The first-order valence-electron chi connectivity index (χ1n) is 5.31. The highest BCUT2D eigenvalue weighted by molar-refractivity contribution is 5.71. The molecule has 92 valence electrons. The summed E-state index contributed by atoms with van der Waals surface area (Å²) < 4.78 is 6.93. The second-order valence-corrected chi connectivity index (χ2v) is 3.73. The van der Waals surface area contributed by atoms with Gasteiger partial charge in [-0.2, -0.15) is 5.26 Å². The molecule has 0 spiro atoms. The summed E-state index contributed by atoms with van der Waals surface area (Å²) in [6, 6.07) is 5.31. The van der Waals surface area contributed by atoms with E-state index in [9.17, 15) is 4.79 Å². The van der Waals surface area contributed by atoms with Crippen LogP contribution in [0.3, 0.4) is 0 Å². The maximum absolute atomic E-state index is 10.8. The molecule has 6 nitrogen and oxygen atoms in total. The number of aromatic nitrogens is 2. The summed E-state index contributed by atoms with van der Waals surface area (Å²) in [5.74, 6) is -0.443. The lowest BCUT2D eigenvalue weighted by Gasteiger charge is -2.04. The van der Waals surface area contributed by atoms with Crippen LogP contribution in [0.15, 0.2) is 18.3 Å². The van der Waals surface area contributed by atoms with Crippen molar-refractivity contribution in [1.82, 2.24) is 9.38 Å². The minimum atomic E-state index is -0.914. The standard InChI is InChI=1S/C12H11N3O3/c1-8-9(7-11(16)17)15-5-2-3-10(12(15)14-8)18-6-4-13/h2-3,5H,6-7H2,1H3,(H,16,17). The molecule has 0 bridgehead atoms. The molecule has 0 saturated heterocycles. The second-order valence-electron chi connectivity index (χ2n) is 3.73. The zero-order valence-corrected chi connectivity index (χ0v) is 9.75. The van der Waals surface area contributed by atoms with E-state index >= 15 is 0 Å². The summed E-state index contributed by atoms with van der Waals surface area (Å²) in [5.41, 5.74) is 1.78. The van der Waals surface area contributed by atoms with E-state index in [-0.39, 0.29) is 13.0 Å². The van der Waals surface area contributed by atoms with Gasteiger partial charge in [0.25, 0.3) is 0 Å². The largest absolute Gasteiger partial charge is 0.481 e. The van der Waals surface area contributed by atoms with E-state index in [2.05, 4.69) is 4.98 Å². The van der Waals surface area contributed by atoms with Crippen molar-refractivity contribution >= 4 is 11.6 Å². The molecule has 0 radical (unpaired) electrons. The molecule has 0 atom stereocenters. The van der Waals surface area contributed by atoms with Gasteiger partial charge in [-0.3, -0.25) is 4.79 Å². The predicted octanol–water partition coefficient (Wildman–Crippen LogP) is 1.17. The minimum Gasteiger partial charge on any atom is -0.481 e. The summed E-state index contributed by atoms with van der Waals surface area (Å²) >= 11 is 0. The molecule has 2 aromatic heterocycles. The Morgan fingerprint density at radius 1 is 1.67 bits per heavy atom. The smallest absolute Gasteiger partial charge is 0.309 e. The fourth-order valence-corrected chi connectivity index (χ4v) is 1.78. The number of carbonyl (C=O) groups is 1. The van der Waals surface area contributed by atoms with E-state index in [4.69, 9.17) is 15.1 Å². The molecule has 0 aromatic carbocycles. The molecule has 2 aromatic rings. The molecule has 0 amide bonds. The van der Waals surface area contributed by atoms with Crippen LogP contribution in [0.25, 0.3) is 5.65 Å². The van der Waals surface area contributed by atoms with Crippen LogP contribution < -0.4 is 4.74 Å². The number of carboxylic acid groups (broad SMARTS) is 1. The number of rotatable bonds is 4. The molecule has 0 aliphatic heterocycles. The van der Waals surface area contributed by atoms with E-state index in [0.717, 1.165) is 0 Å². The highest BCUT2D eigenvalue weighted by Crippen LogP contribution is 2.22. The molecule has 0 aliphatic carbocycles. The fraction of sp³-hybridized carbons (Fsp3) is 0.250. The van der Waals surface area contributed by atoms with Crippen LogP contribution in [0.1, 0.15) is 11.4 Å². The Labute approximate surface area is 103 Å². The van der Waals surface area contributed by atoms with Gasteiger partial charge in [0.05, 0.1) is 17.8 Å². The average molecular weight is 245 g/mol. The number of fused-ring (bicyclic) bond motifs is 1. The highest BCUT2D eigenvalue weighted by atomic mass is 16.5. The van der Waals surface area contributed by atoms with Gasteiger partial charge in [0.2, 0.25) is 0 Å². The first-order chi connectivity index (χ1) is 8.63. The van der Waals surface area contributed by atoms with Gasteiger partial charge in [-0.05, 0) is 19.1 Å². The summed E-state index contributed by atoms with van der Waals surface area (Å²) in [6.45, 7) is 1.68. The molecule has 2 heterocycles. The number of pyridine rings is 1. The van der Waals surface area contributed by atoms with Crippen molar-refractivity contribution in [2.24, 2.45) is 0 Å². The normalized spacial score (nSPS) is 10.2. The molecule has 6 heteroatoms. The minimum absolute atomic E-state index is 0.0696. The lowest BCUT2D eigenvalue weighted by atomic mass is 10.2. The molecule has 1 N–H and O–H groups in total. The van der Waals surface area contributed by atoms with E-state index < -0.39 is 5.97 Å². The number of ether oxygens (including phenoxy) is 1. The Balaban J connectivity index is 2.52. The van der Waals surface area contributed by atoms with Crippen molar-refractivity contribution in [3.63, 3.8) is 0 Å². The third-order valence-corrected chi connectivity index (χ3v) is 2.52. The molecular formula is C12H11N3O3. The lowest BCUT2D eigenvalue weighted by Crippen LogP contribution is -2.05. The van der Waals surface area contributed by atoms with Crippen LogP contribution in [-0.4, -0.2) is 27.1 Å². The number of aliphatic carboxylic acids is 1. The second kappa shape index (κ2) is 4.75. The van der Waals surface area contributed by atoms with Crippen molar-refractivity contribution in [3.8, 4) is 11.8 Å². The van der Waals surface area contributed by atoms with Crippen LogP contribution in [-0.2, 0) is 11.2 Å². The third kappa shape index (κ3) is 2.11. The topological polar surface area (TPSA) is 87.6 Å². The van der Waals surface area contributed by atoms with Crippen LogP contribution in [0, 0.1) is 18.3 Å². The third-order valence-electron chi connectivity index (χ3n) is 2.52. The molecular weight excluding hydrogens is 234 g/mol. The first kappa shape index (κ1) is 11.9. The first-order valence-corrected chi connectivity index (χ1v) is 5.31. The van der Waals surface area contributed by atoms with Crippen LogP contribution in [0.5, 0.6) is 5.75 Å². The van der Waals surface area contributed by atoms with Gasteiger partial charge >= 0.3 is 5.97 Å². The maximum atomic E-state index is 10.8. The van der Waals surface area contributed by atoms with E-state index in [0.29, 0.717) is 22.8 Å². The van der Waals surface area contributed by atoms with Gasteiger partial charge in [0, 0.05) is 6.20 Å². The Bertz CT molecular complexity index is 640. The fourth-order valence-electron chi connectivity index (χ4n) is 1.78. The number of imidazole rings is 1. The number of nitriles is 1. The highest BCUT2D eigenvalue weighted by Gasteiger charge is 2.14. The zero-order valence-electron chi connectivity index (χ0n) is 9.75. The van der Waals surface area contributed by atoms with Crippen molar-refractivity contribution in [1.29, 1.82) is 5.26 Å². The number of hydrogen-bond donors (Lipinski definition) is 1. The van der Waals surface area contributed by atoms with Gasteiger partial charge in [-0.15, -0.1) is 0 Å². The number of aryl methyl sites for hydroxylation is 1. The SMILES string of the molecule is Cc1nc2c(OCC#N)cccn2c1CC(=O)O. The summed E-state index contributed by atoms with van der Waals surface area (Å²) in [5, 5.41) is 17.4. The Morgan fingerprint density at radius 2 is 2.44 bits per heavy atom. The molecule has 0 unspecified atom stereocenters. The van der Waals surface area contributed by atoms with E-state index in [1.165, 1.54) is 0 Å². The Kier molecular flexibility index (Phi) is 3.15. The summed E-state index contributed by atoms with van der Waals surface area (Å²) in [7, 11) is 0. The quantitative estimate of drug-likeness (QED) is 0.873. The Morgan fingerprint density at radius 3 is 3.11 bits per heavy atom.